The molecule has 2 aromatic carbocycles. The molecule has 22 heavy (non-hydrogen) atoms. The standard InChI is InChI=1S/C18H14N4/c1-14-6-5-9-16(12-14)22-18(17(13-19)20-21-22)11-10-15-7-3-2-4-8-15/h2-12H,1H3/b11-10+. The minimum atomic E-state index is 0.314. The van der Waals surface area contributed by atoms with Crippen LogP contribution in [0.1, 0.15) is 22.5 Å². The number of hydrogen-bond acceptors (Lipinski definition) is 3. The molecule has 0 spiro atoms. The van der Waals surface area contributed by atoms with E-state index in [1.54, 1.807) is 4.68 Å². The van der Waals surface area contributed by atoms with Gasteiger partial charge in [-0.15, -0.1) is 5.10 Å². The predicted molar refractivity (Wildman–Crippen MR) is 86.2 cm³/mol. The van der Waals surface area contributed by atoms with Crippen LogP contribution in [0, 0.1) is 18.3 Å². The summed E-state index contributed by atoms with van der Waals surface area (Å²) in [7, 11) is 0. The molecule has 4 heteroatoms. The maximum atomic E-state index is 9.23. The van der Waals surface area contributed by atoms with E-state index in [1.165, 1.54) is 0 Å². The summed E-state index contributed by atoms with van der Waals surface area (Å²) in [4.78, 5) is 0. The van der Waals surface area contributed by atoms with E-state index in [-0.39, 0.29) is 0 Å². The fraction of sp³-hybridized carbons (Fsp3) is 0.0556. The summed E-state index contributed by atoms with van der Waals surface area (Å²) in [6.45, 7) is 2.02. The first-order chi connectivity index (χ1) is 10.8. The molecule has 3 aromatic rings. The number of benzene rings is 2. The van der Waals surface area contributed by atoms with Crippen LogP contribution in [-0.4, -0.2) is 15.0 Å². The molecule has 3 rings (SSSR count). The quantitative estimate of drug-likeness (QED) is 0.739. The molecule has 0 aliphatic heterocycles. The molecule has 0 radical (unpaired) electrons. The molecule has 0 saturated carbocycles. The zero-order chi connectivity index (χ0) is 15.4. The van der Waals surface area contributed by atoms with Crippen LogP contribution in [-0.2, 0) is 0 Å². The van der Waals surface area contributed by atoms with E-state index in [9.17, 15) is 5.26 Å². The largest absolute Gasteiger partial charge is 0.212 e. The van der Waals surface area contributed by atoms with E-state index in [2.05, 4.69) is 16.4 Å². The Bertz CT molecular complexity index is 854. The van der Waals surface area contributed by atoms with Crippen molar-refractivity contribution >= 4 is 12.2 Å². The second-order valence-corrected chi connectivity index (χ2v) is 4.93. The topological polar surface area (TPSA) is 54.5 Å². The summed E-state index contributed by atoms with van der Waals surface area (Å²) < 4.78 is 1.69. The first-order valence-corrected chi connectivity index (χ1v) is 6.94. The van der Waals surface area contributed by atoms with Gasteiger partial charge < -0.3 is 0 Å². The van der Waals surface area contributed by atoms with Gasteiger partial charge in [-0.05, 0) is 36.3 Å². The van der Waals surface area contributed by atoms with Crippen molar-refractivity contribution in [3.63, 3.8) is 0 Å². The highest BCUT2D eigenvalue weighted by Crippen LogP contribution is 2.16. The van der Waals surface area contributed by atoms with Gasteiger partial charge in [0.15, 0.2) is 5.69 Å². The van der Waals surface area contributed by atoms with Gasteiger partial charge in [0.25, 0.3) is 0 Å². The van der Waals surface area contributed by atoms with Gasteiger partial charge in [-0.3, -0.25) is 0 Å². The summed E-state index contributed by atoms with van der Waals surface area (Å²) in [6.07, 6.45) is 3.82. The van der Waals surface area contributed by atoms with Crippen LogP contribution in [0.4, 0.5) is 0 Å². The van der Waals surface area contributed by atoms with Crippen LogP contribution < -0.4 is 0 Å². The second kappa shape index (κ2) is 6.06. The Labute approximate surface area is 129 Å². The highest BCUT2D eigenvalue weighted by atomic mass is 15.4. The molecule has 0 aliphatic carbocycles. The molecule has 0 N–H and O–H groups in total. The molecule has 0 unspecified atom stereocenters. The Kier molecular flexibility index (Phi) is 3.80. The van der Waals surface area contributed by atoms with Crippen LogP contribution in [0.15, 0.2) is 54.6 Å². The van der Waals surface area contributed by atoms with E-state index in [0.29, 0.717) is 11.4 Å². The molecule has 4 nitrogen and oxygen atoms in total. The van der Waals surface area contributed by atoms with Crippen LogP contribution in [0.3, 0.4) is 0 Å². The van der Waals surface area contributed by atoms with Crippen molar-refractivity contribution in [1.82, 2.24) is 15.0 Å². The molecule has 1 heterocycles. The van der Waals surface area contributed by atoms with E-state index in [4.69, 9.17) is 0 Å². The number of nitriles is 1. The summed E-state index contributed by atoms with van der Waals surface area (Å²) in [5, 5.41) is 17.3. The average Bonchev–Trinajstić information content (AvgIpc) is 2.97. The van der Waals surface area contributed by atoms with Crippen molar-refractivity contribution in [2.45, 2.75) is 6.92 Å². The first kappa shape index (κ1) is 13.8. The van der Waals surface area contributed by atoms with Gasteiger partial charge >= 0.3 is 0 Å². The molecular formula is C18H14N4. The fourth-order valence-electron chi connectivity index (χ4n) is 2.21. The van der Waals surface area contributed by atoms with Crippen molar-refractivity contribution in [3.8, 4) is 11.8 Å². The average molecular weight is 286 g/mol. The summed E-state index contributed by atoms with van der Waals surface area (Å²) >= 11 is 0. The lowest BCUT2D eigenvalue weighted by molar-refractivity contribution is 0.797. The van der Waals surface area contributed by atoms with Crippen LogP contribution in [0.2, 0.25) is 0 Å². The van der Waals surface area contributed by atoms with Gasteiger partial charge in [-0.2, -0.15) is 5.26 Å². The molecule has 0 atom stereocenters. The van der Waals surface area contributed by atoms with Gasteiger partial charge in [-0.1, -0.05) is 53.8 Å². The van der Waals surface area contributed by atoms with Crippen molar-refractivity contribution in [2.75, 3.05) is 0 Å². The van der Waals surface area contributed by atoms with Crippen LogP contribution in [0.25, 0.3) is 17.8 Å². The zero-order valence-corrected chi connectivity index (χ0v) is 12.1. The van der Waals surface area contributed by atoms with Gasteiger partial charge in [0.05, 0.1) is 5.69 Å². The van der Waals surface area contributed by atoms with Gasteiger partial charge in [0.1, 0.15) is 11.8 Å². The number of aromatic nitrogens is 3. The van der Waals surface area contributed by atoms with Gasteiger partial charge in [0.2, 0.25) is 0 Å². The molecular weight excluding hydrogens is 272 g/mol. The van der Waals surface area contributed by atoms with Crippen LogP contribution in [0.5, 0.6) is 0 Å². The maximum absolute atomic E-state index is 9.23. The molecule has 0 fully saturated rings. The third-order valence-corrected chi connectivity index (χ3v) is 3.29. The van der Waals surface area contributed by atoms with Crippen molar-refractivity contribution < 1.29 is 0 Å². The third kappa shape index (κ3) is 2.79. The number of hydrogen-bond donors (Lipinski definition) is 0. The summed E-state index contributed by atoms with van der Waals surface area (Å²) in [5.74, 6) is 0. The minimum Gasteiger partial charge on any atom is -0.212 e. The smallest absolute Gasteiger partial charge is 0.190 e. The molecule has 1 aromatic heterocycles. The van der Waals surface area contributed by atoms with Crippen molar-refractivity contribution in [2.24, 2.45) is 0 Å². The Hall–Kier alpha value is -3.19. The van der Waals surface area contributed by atoms with E-state index in [1.807, 2.05) is 73.7 Å². The Morgan fingerprint density at radius 1 is 1.05 bits per heavy atom. The van der Waals surface area contributed by atoms with E-state index < -0.39 is 0 Å². The maximum Gasteiger partial charge on any atom is 0.190 e. The molecule has 106 valence electrons. The highest BCUT2D eigenvalue weighted by molar-refractivity contribution is 5.70. The number of nitrogens with zero attached hydrogens (tertiary/aromatic N) is 4. The molecule has 0 amide bonds. The lowest BCUT2D eigenvalue weighted by Gasteiger charge is -2.04. The van der Waals surface area contributed by atoms with Gasteiger partial charge in [-0.25, -0.2) is 4.68 Å². The van der Waals surface area contributed by atoms with Gasteiger partial charge in [0, 0.05) is 0 Å². The Morgan fingerprint density at radius 2 is 1.86 bits per heavy atom. The highest BCUT2D eigenvalue weighted by Gasteiger charge is 2.11. The molecule has 0 saturated heterocycles. The normalized spacial score (nSPS) is 10.7. The monoisotopic (exact) mass is 286 g/mol. The van der Waals surface area contributed by atoms with E-state index >= 15 is 0 Å². The minimum absolute atomic E-state index is 0.314. The first-order valence-electron chi connectivity index (χ1n) is 6.94. The van der Waals surface area contributed by atoms with Crippen LogP contribution >= 0.6 is 0 Å². The summed E-state index contributed by atoms with van der Waals surface area (Å²) in [6, 6.07) is 19.9. The Morgan fingerprint density at radius 3 is 2.59 bits per heavy atom. The third-order valence-electron chi connectivity index (χ3n) is 3.29. The SMILES string of the molecule is Cc1cccc(-n2nnc(C#N)c2/C=C/c2ccccc2)c1. The fourth-order valence-corrected chi connectivity index (χ4v) is 2.21. The number of rotatable bonds is 3. The second-order valence-electron chi connectivity index (χ2n) is 4.93. The van der Waals surface area contributed by atoms with Crippen molar-refractivity contribution in [1.29, 1.82) is 5.26 Å². The van der Waals surface area contributed by atoms with Crippen molar-refractivity contribution in [3.05, 3.63) is 77.1 Å². The summed E-state index contributed by atoms with van der Waals surface area (Å²) in [5.41, 5.74) is 4.07. The lowest BCUT2D eigenvalue weighted by Crippen LogP contribution is -1.99. The van der Waals surface area contributed by atoms with E-state index in [0.717, 1.165) is 16.8 Å². The molecule has 0 aliphatic rings. The predicted octanol–water partition coefficient (Wildman–Crippen LogP) is 3.62. The molecule has 0 bridgehead atoms. The Balaban J connectivity index is 2.05. The zero-order valence-electron chi connectivity index (χ0n) is 12.1. The number of aryl methyl sites for hydroxylation is 1. The lowest BCUT2D eigenvalue weighted by atomic mass is 10.2.